The van der Waals surface area contributed by atoms with E-state index in [4.69, 9.17) is 4.74 Å². The van der Waals surface area contributed by atoms with E-state index in [-0.39, 0.29) is 0 Å². The molecule has 0 saturated carbocycles. The van der Waals surface area contributed by atoms with E-state index in [1.54, 1.807) is 0 Å². The molecule has 0 fully saturated rings. The number of halogens is 1. The van der Waals surface area contributed by atoms with Crippen LogP contribution in [0.25, 0.3) is 0 Å². The average molecular weight is 393 g/mol. The largest absolute Gasteiger partial charge is 0.493 e. The van der Waals surface area contributed by atoms with Gasteiger partial charge in [0.25, 0.3) is 0 Å². The molecule has 3 heteroatoms. The lowest BCUT2D eigenvalue weighted by Gasteiger charge is -2.17. The summed E-state index contributed by atoms with van der Waals surface area (Å²) in [5.74, 6) is 1.07. The third-order valence-corrected chi connectivity index (χ3v) is 4.82. The molecule has 0 bridgehead atoms. The summed E-state index contributed by atoms with van der Waals surface area (Å²) < 4.78 is 6.85. The maximum absolute atomic E-state index is 5.57. The second-order valence-corrected chi connectivity index (χ2v) is 6.72. The van der Waals surface area contributed by atoms with Crippen LogP contribution >= 0.6 is 22.6 Å². The van der Waals surface area contributed by atoms with Crippen LogP contribution in [0.2, 0.25) is 0 Å². The summed E-state index contributed by atoms with van der Waals surface area (Å²) in [6, 6.07) is 15.8. The fourth-order valence-electron chi connectivity index (χ4n) is 2.88. The molecule has 0 radical (unpaired) electrons. The number of aryl methyl sites for hydroxylation is 1. The highest BCUT2D eigenvalue weighted by atomic mass is 127. The van der Waals surface area contributed by atoms with Gasteiger partial charge in [-0.25, -0.2) is 0 Å². The summed E-state index contributed by atoms with van der Waals surface area (Å²) in [6.45, 7) is 0.834. The monoisotopic (exact) mass is 393 g/mol. The normalized spacial score (nSPS) is 14.6. The minimum Gasteiger partial charge on any atom is -0.493 e. The van der Waals surface area contributed by atoms with Crippen LogP contribution in [0.3, 0.4) is 0 Å². The molecule has 2 nitrogen and oxygen atoms in total. The van der Waals surface area contributed by atoms with E-state index in [2.05, 4.69) is 70.4 Å². The Bertz CT molecular complexity index is 609. The molecule has 1 atom stereocenters. The first-order valence-electron chi connectivity index (χ1n) is 7.43. The highest BCUT2D eigenvalue weighted by Crippen LogP contribution is 2.27. The van der Waals surface area contributed by atoms with Crippen molar-refractivity contribution in [1.29, 1.82) is 0 Å². The van der Waals surface area contributed by atoms with Gasteiger partial charge in [-0.15, -0.1) is 0 Å². The van der Waals surface area contributed by atoms with Crippen molar-refractivity contribution in [2.45, 2.75) is 25.3 Å². The van der Waals surface area contributed by atoms with Gasteiger partial charge in [-0.05, 0) is 77.4 Å². The molecule has 110 valence electrons. The van der Waals surface area contributed by atoms with Gasteiger partial charge in [0.2, 0.25) is 0 Å². The Balaban J connectivity index is 1.66. The van der Waals surface area contributed by atoms with Crippen molar-refractivity contribution >= 4 is 22.6 Å². The summed E-state index contributed by atoms with van der Waals surface area (Å²) in [5, 5.41) is 3.43. The fraction of sp³-hybridized carbons (Fsp3) is 0.333. The van der Waals surface area contributed by atoms with Gasteiger partial charge < -0.3 is 10.1 Å². The van der Waals surface area contributed by atoms with E-state index >= 15 is 0 Å². The number of hydrogen-bond acceptors (Lipinski definition) is 2. The van der Waals surface area contributed by atoms with Crippen molar-refractivity contribution in [3.8, 4) is 5.75 Å². The predicted molar refractivity (Wildman–Crippen MR) is 94.9 cm³/mol. The maximum atomic E-state index is 5.57. The second kappa shape index (κ2) is 6.79. The highest BCUT2D eigenvalue weighted by Gasteiger charge is 2.13. The number of benzene rings is 2. The number of nitrogens with one attached hydrogen (secondary N) is 1. The third-order valence-electron chi connectivity index (χ3n) is 4.10. The van der Waals surface area contributed by atoms with E-state index in [0.29, 0.717) is 6.04 Å². The van der Waals surface area contributed by atoms with Crippen LogP contribution in [0.5, 0.6) is 5.75 Å². The van der Waals surface area contributed by atoms with Crippen LogP contribution in [-0.2, 0) is 12.8 Å². The lowest BCUT2D eigenvalue weighted by molar-refractivity contribution is 0.357. The summed E-state index contributed by atoms with van der Waals surface area (Å²) in [4.78, 5) is 0. The van der Waals surface area contributed by atoms with Crippen molar-refractivity contribution in [3.63, 3.8) is 0 Å². The quantitative estimate of drug-likeness (QED) is 0.772. The molecule has 1 unspecified atom stereocenters. The zero-order valence-corrected chi connectivity index (χ0v) is 14.4. The van der Waals surface area contributed by atoms with Crippen molar-refractivity contribution in [2.75, 3.05) is 13.7 Å². The topological polar surface area (TPSA) is 21.3 Å². The van der Waals surface area contributed by atoms with Crippen LogP contribution in [-0.4, -0.2) is 13.7 Å². The Morgan fingerprint density at radius 2 is 2.00 bits per heavy atom. The standard InChI is InChI=1S/C18H20INO/c1-20-17(14-4-6-16(19)7-5-14)8-2-13-3-9-18-15(12-13)10-11-21-18/h3-7,9,12,17,20H,2,8,10-11H2,1H3. The van der Waals surface area contributed by atoms with Gasteiger partial charge in [0.15, 0.2) is 0 Å². The first-order valence-corrected chi connectivity index (χ1v) is 8.51. The lowest BCUT2D eigenvalue weighted by Crippen LogP contribution is -2.17. The van der Waals surface area contributed by atoms with Gasteiger partial charge in [0.05, 0.1) is 6.61 Å². The Hall–Kier alpha value is -1.07. The molecule has 3 rings (SSSR count). The smallest absolute Gasteiger partial charge is 0.122 e. The number of rotatable bonds is 5. The van der Waals surface area contributed by atoms with Crippen LogP contribution in [0, 0.1) is 3.57 Å². The van der Waals surface area contributed by atoms with Crippen molar-refractivity contribution in [1.82, 2.24) is 5.32 Å². The van der Waals surface area contributed by atoms with Crippen LogP contribution in [0.4, 0.5) is 0 Å². The van der Waals surface area contributed by atoms with Gasteiger partial charge >= 0.3 is 0 Å². The van der Waals surface area contributed by atoms with Gasteiger partial charge in [-0.2, -0.15) is 0 Å². The molecule has 0 saturated heterocycles. The number of fused-ring (bicyclic) bond motifs is 1. The Morgan fingerprint density at radius 3 is 2.76 bits per heavy atom. The minimum absolute atomic E-state index is 0.409. The van der Waals surface area contributed by atoms with Gasteiger partial charge in [-0.3, -0.25) is 0 Å². The summed E-state index contributed by atoms with van der Waals surface area (Å²) in [5.41, 5.74) is 4.13. The highest BCUT2D eigenvalue weighted by molar-refractivity contribution is 14.1. The fourth-order valence-corrected chi connectivity index (χ4v) is 3.24. The van der Waals surface area contributed by atoms with E-state index in [0.717, 1.165) is 31.6 Å². The number of hydrogen-bond donors (Lipinski definition) is 1. The van der Waals surface area contributed by atoms with E-state index in [1.165, 1.54) is 20.3 Å². The van der Waals surface area contributed by atoms with Gasteiger partial charge in [0, 0.05) is 16.0 Å². The molecule has 2 aromatic carbocycles. The predicted octanol–water partition coefficient (Wildman–Crippen LogP) is 4.12. The van der Waals surface area contributed by atoms with Gasteiger partial charge in [-0.1, -0.05) is 24.3 Å². The molecule has 0 amide bonds. The summed E-state index contributed by atoms with van der Waals surface area (Å²) >= 11 is 2.35. The molecule has 1 aliphatic rings. The third kappa shape index (κ3) is 3.58. The summed E-state index contributed by atoms with van der Waals surface area (Å²) in [7, 11) is 2.04. The molecular formula is C18H20INO. The van der Waals surface area contributed by atoms with E-state index in [9.17, 15) is 0 Å². The SMILES string of the molecule is CNC(CCc1ccc2c(c1)CCO2)c1ccc(I)cc1. The zero-order chi connectivity index (χ0) is 14.7. The molecule has 1 N–H and O–H groups in total. The first-order chi connectivity index (χ1) is 10.3. The van der Waals surface area contributed by atoms with Crippen LogP contribution in [0.1, 0.15) is 29.2 Å². The Labute approximate surface area is 140 Å². The molecule has 0 aliphatic carbocycles. The molecule has 0 spiro atoms. The van der Waals surface area contributed by atoms with E-state index < -0.39 is 0 Å². The molecule has 0 aromatic heterocycles. The van der Waals surface area contributed by atoms with Gasteiger partial charge in [0.1, 0.15) is 5.75 Å². The number of ether oxygens (including phenoxy) is 1. The summed E-state index contributed by atoms with van der Waals surface area (Å²) in [6.07, 6.45) is 3.25. The first kappa shape index (κ1) is 14.9. The molecule has 21 heavy (non-hydrogen) atoms. The average Bonchev–Trinajstić information content (AvgIpc) is 2.97. The zero-order valence-electron chi connectivity index (χ0n) is 12.2. The molecule has 1 heterocycles. The molecular weight excluding hydrogens is 373 g/mol. The Kier molecular flexibility index (Phi) is 4.80. The van der Waals surface area contributed by atoms with Crippen molar-refractivity contribution < 1.29 is 4.74 Å². The van der Waals surface area contributed by atoms with Crippen molar-refractivity contribution in [3.05, 3.63) is 62.7 Å². The van der Waals surface area contributed by atoms with E-state index in [1.807, 2.05) is 7.05 Å². The Morgan fingerprint density at radius 1 is 1.19 bits per heavy atom. The maximum Gasteiger partial charge on any atom is 0.122 e. The van der Waals surface area contributed by atoms with Crippen molar-refractivity contribution in [2.24, 2.45) is 0 Å². The van der Waals surface area contributed by atoms with Crippen LogP contribution < -0.4 is 10.1 Å². The minimum atomic E-state index is 0.409. The molecule has 1 aliphatic heterocycles. The second-order valence-electron chi connectivity index (χ2n) is 5.47. The lowest BCUT2D eigenvalue weighted by atomic mass is 9.98. The molecule has 2 aromatic rings. The van der Waals surface area contributed by atoms with Crippen LogP contribution in [0.15, 0.2) is 42.5 Å².